The van der Waals surface area contributed by atoms with Crippen molar-refractivity contribution in [2.75, 3.05) is 14.1 Å². The van der Waals surface area contributed by atoms with E-state index < -0.39 is 6.04 Å². The SMILES string of the molecule is Cc1cc(C(N)CC(=O)NN(C)C)ccc1F. The fraction of sp³-hybridized carbons (Fsp3) is 0.417. The van der Waals surface area contributed by atoms with Gasteiger partial charge < -0.3 is 5.73 Å². The first kappa shape index (κ1) is 13.6. The molecule has 0 saturated heterocycles. The van der Waals surface area contributed by atoms with Gasteiger partial charge in [-0.25, -0.2) is 9.40 Å². The summed E-state index contributed by atoms with van der Waals surface area (Å²) in [5.74, 6) is -0.428. The Morgan fingerprint density at radius 2 is 2.18 bits per heavy atom. The summed E-state index contributed by atoms with van der Waals surface area (Å²) in [5.41, 5.74) is 9.79. The zero-order chi connectivity index (χ0) is 13.0. The molecule has 1 atom stereocenters. The van der Waals surface area contributed by atoms with E-state index in [1.54, 1.807) is 38.2 Å². The van der Waals surface area contributed by atoms with Crippen LogP contribution in [-0.4, -0.2) is 25.0 Å². The predicted molar refractivity (Wildman–Crippen MR) is 64.5 cm³/mol. The maximum absolute atomic E-state index is 13.1. The van der Waals surface area contributed by atoms with Crippen LogP contribution in [0.1, 0.15) is 23.6 Å². The predicted octanol–water partition coefficient (Wildman–Crippen LogP) is 1.12. The second-order valence-electron chi connectivity index (χ2n) is 4.25. The van der Waals surface area contributed by atoms with E-state index in [0.29, 0.717) is 5.56 Å². The second-order valence-corrected chi connectivity index (χ2v) is 4.25. The van der Waals surface area contributed by atoms with Crippen LogP contribution in [0.2, 0.25) is 0 Å². The summed E-state index contributed by atoms with van der Waals surface area (Å²) in [5, 5.41) is 1.56. The Morgan fingerprint density at radius 1 is 1.53 bits per heavy atom. The lowest BCUT2D eigenvalue weighted by molar-refractivity contribution is -0.125. The van der Waals surface area contributed by atoms with Crippen molar-refractivity contribution in [2.45, 2.75) is 19.4 Å². The molecular weight excluding hydrogens is 221 g/mol. The summed E-state index contributed by atoms with van der Waals surface area (Å²) in [7, 11) is 3.46. The highest BCUT2D eigenvalue weighted by atomic mass is 19.1. The molecule has 5 heteroatoms. The van der Waals surface area contributed by atoms with Gasteiger partial charge >= 0.3 is 0 Å². The number of hydrogen-bond donors (Lipinski definition) is 2. The van der Waals surface area contributed by atoms with E-state index in [9.17, 15) is 9.18 Å². The molecular formula is C12H18FN3O. The van der Waals surface area contributed by atoms with Gasteiger partial charge in [-0.2, -0.15) is 0 Å². The Balaban J connectivity index is 2.66. The van der Waals surface area contributed by atoms with E-state index >= 15 is 0 Å². The van der Waals surface area contributed by atoms with E-state index in [1.165, 1.54) is 6.07 Å². The van der Waals surface area contributed by atoms with Crippen molar-refractivity contribution in [1.82, 2.24) is 10.4 Å². The van der Waals surface area contributed by atoms with Crippen LogP contribution >= 0.6 is 0 Å². The fourth-order valence-electron chi connectivity index (χ4n) is 1.51. The zero-order valence-electron chi connectivity index (χ0n) is 10.3. The standard InChI is InChI=1S/C12H18FN3O/c1-8-6-9(4-5-10(8)13)11(14)7-12(17)15-16(2)3/h4-6,11H,7,14H2,1-3H3,(H,15,17). The molecule has 0 spiro atoms. The average molecular weight is 239 g/mol. The van der Waals surface area contributed by atoms with E-state index in [0.717, 1.165) is 5.56 Å². The van der Waals surface area contributed by atoms with Crippen LogP contribution < -0.4 is 11.2 Å². The highest BCUT2D eigenvalue weighted by Gasteiger charge is 2.13. The number of carbonyl (C=O) groups excluding carboxylic acids is 1. The Bertz CT molecular complexity index is 407. The summed E-state index contributed by atoms with van der Waals surface area (Å²) in [4.78, 5) is 11.5. The molecule has 0 radical (unpaired) electrons. The molecule has 0 aromatic heterocycles. The van der Waals surface area contributed by atoms with Crippen LogP contribution in [0.25, 0.3) is 0 Å². The largest absolute Gasteiger partial charge is 0.324 e. The number of nitrogens with zero attached hydrogens (tertiary/aromatic N) is 1. The number of nitrogens with one attached hydrogen (secondary N) is 1. The summed E-state index contributed by atoms with van der Waals surface area (Å²) in [6.07, 6.45) is 0.170. The second kappa shape index (κ2) is 5.75. The molecule has 0 heterocycles. The zero-order valence-corrected chi connectivity index (χ0v) is 10.3. The average Bonchev–Trinajstić information content (AvgIpc) is 2.20. The number of benzene rings is 1. The molecule has 1 aromatic carbocycles. The molecule has 0 saturated carbocycles. The van der Waals surface area contributed by atoms with Crippen molar-refractivity contribution >= 4 is 5.91 Å². The lowest BCUT2D eigenvalue weighted by Gasteiger charge is -2.16. The van der Waals surface area contributed by atoms with Crippen molar-refractivity contribution in [2.24, 2.45) is 5.73 Å². The lowest BCUT2D eigenvalue weighted by atomic mass is 10.0. The molecule has 94 valence electrons. The van der Waals surface area contributed by atoms with Gasteiger partial charge in [-0.05, 0) is 24.1 Å². The summed E-state index contributed by atoms with van der Waals surface area (Å²) in [6, 6.07) is 4.22. The third-order valence-electron chi connectivity index (χ3n) is 2.36. The first-order chi connectivity index (χ1) is 7.90. The van der Waals surface area contributed by atoms with E-state index in [1.807, 2.05) is 0 Å². The van der Waals surface area contributed by atoms with Crippen molar-refractivity contribution in [1.29, 1.82) is 0 Å². The quantitative estimate of drug-likeness (QED) is 0.774. The van der Waals surface area contributed by atoms with Gasteiger partial charge in [0.1, 0.15) is 5.82 Å². The normalized spacial score (nSPS) is 12.6. The van der Waals surface area contributed by atoms with Crippen LogP contribution in [0.15, 0.2) is 18.2 Å². The molecule has 1 unspecified atom stereocenters. The highest BCUT2D eigenvalue weighted by molar-refractivity contribution is 5.76. The summed E-state index contributed by atoms with van der Waals surface area (Å²) >= 11 is 0. The minimum absolute atomic E-state index is 0.163. The molecule has 3 N–H and O–H groups in total. The molecule has 1 amide bonds. The van der Waals surface area contributed by atoms with Crippen LogP contribution in [-0.2, 0) is 4.79 Å². The van der Waals surface area contributed by atoms with Gasteiger partial charge in [-0.1, -0.05) is 12.1 Å². The third kappa shape index (κ3) is 4.13. The number of hydrogen-bond acceptors (Lipinski definition) is 3. The van der Waals surface area contributed by atoms with Crippen LogP contribution in [0.4, 0.5) is 4.39 Å². The van der Waals surface area contributed by atoms with Gasteiger partial charge in [0.05, 0.1) is 0 Å². The van der Waals surface area contributed by atoms with E-state index in [4.69, 9.17) is 5.73 Å². The van der Waals surface area contributed by atoms with Crippen molar-refractivity contribution in [3.05, 3.63) is 35.1 Å². The Morgan fingerprint density at radius 3 is 2.71 bits per heavy atom. The number of aryl methyl sites for hydroxylation is 1. The van der Waals surface area contributed by atoms with E-state index in [-0.39, 0.29) is 18.1 Å². The van der Waals surface area contributed by atoms with Gasteiger partial charge in [0, 0.05) is 26.6 Å². The maximum atomic E-state index is 13.1. The topological polar surface area (TPSA) is 58.4 Å². The number of nitrogens with two attached hydrogens (primary N) is 1. The molecule has 0 bridgehead atoms. The molecule has 0 aliphatic heterocycles. The molecule has 17 heavy (non-hydrogen) atoms. The van der Waals surface area contributed by atoms with Gasteiger partial charge in [0.2, 0.25) is 5.91 Å². The molecule has 4 nitrogen and oxygen atoms in total. The van der Waals surface area contributed by atoms with Crippen LogP contribution in [0.5, 0.6) is 0 Å². The molecule has 0 fully saturated rings. The van der Waals surface area contributed by atoms with E-state index in [2.05, 4.69) is 5.43 Å². The molecule has 1 aromatic rings. The minimum atomic E-state index is -0.422. The number of hydrazine groups is 1. The molecule has 1 rings (SSSR count). The number of amides is 1. The first-order valence-electron chi connectivity index (χ1n) is 5.38. The van der Waals surface area contributed by atoms with Gasteiger partial charge in [-0.15, -0.1) is 0 Å². The first-order valence-corrected chi connectivity index (χ1v) is 5.38. The van der Waals surface area contributed by atoms with Gasteiger partial charge in [0.15, 0.2) is 0 Å². The number of carbonyl (C=O) groups is 1. The summed E-state index contributed by atoms with van der Waals surface area (Å²) in [6.45, 7) is 1.67. The van der Waals surface area contributed by atoms with Crippen LogP contribution in [0.3, 0.4) is 0 Å². The van der Waals surface area contributed by atoms with Gasteiger partial charge in [0.25, 0.3) is 0 Å². The fourth-order valence-corrected chi connectivity index (χ4v) is 1.51. The monoisotopic (exact) mass is 239 g/mol. The lowest BCUT2D eigenvalue weighted by Crippen LogP contribution is -2.37. The summed E-state index contributed by atoms with van der Waals surface area (Å²) < 4.78 is 13.1. The minimum Gasteiger partial charge on any atom is -0.324 e. The Labute approximate surface area is 101 Å². The van der Waals surface area contributed by atoms with Crippen molar-refractivity contribution < 1.29 is 9.18 Å². The van der Waals surface area contributed by atoms with Crippen molar-refractivity contribution in [3.63, 3.8) is 0 Å². The smallest absolute Gasteiger partial charge is 0.236 e. The molecule has 0 aliphatic rings. The Hall–Kier alpha value is -1.46. The third-order valence-corrected chi connectivity index (χ3v) is 2.36. The van der Waals surface area contributed by atoms with Crippen LogP contribution in [0, 0.1) is 12.7 Å². The number of rotatable bonds is 4. The maximum Gasteiger partial charge on any atom is 0.236 e. The molecule has 0 aliphatic carbocycles. The van der Waals surface area contributed by atoms with Gasteiger partial charge in [-0.3, -0.25) is 10.2 Å². The highest BCUT2D eigenvalue weighted by Crippen LogP contribution is 2.17. The Kier molecular flexibility index (Phi) is 4.60. The number of halogens is 1. The van der Waals surface area contributed by atoms with Crippen molar-refractivity contribution in [3.8, 4) is 0 Å².